The number of halogens is 2. The van der Waals surface area contributed by atoms with Gasteiger partial charge in [0.2, 0.25) is 15.9 Å². The molecule has 0 atom stereocenters. The van der Waals surface area contributed by atoms with Gasteiger partial charge in [-0.25, -0.2) is 12.8 Å². The van der Waals surface area contributed by atoms with Crippen molar-refractivity contribution in [2.75, 3.05) is 51.3 Å². The number of carbonyl (C=O) groups is 1. The van der Waals surface area contributed by atoms with Crippen LogP contribution in [0.1, 0.15) is 5.56 Å². The Kier molecular flexibility index (Phi) is 8.68. The summed E-state index contributed by atoms with van der Waals surface area (Å²) >= 11 is 6.20. The first-order valence-electron chi connectivity index (χ1n) is 11.9. The number of benzene rings is 3. The van der Waals surface area contributed by atoms with Gasteiger partial charge >= 0.3 is 0 Å². The Bertz CT molecular complexity index is 1320. The summed E-state index contributed by atoms with van der Waals surface area (Å²) in [6.07, 6.45) is 0.454. The minimum Gasteiger partial charge on any atom is -0.495 e. The van der Waals surface area contributed by atoms with Gasteiger partial charge in [-0.3, -0.25) is 4.79 Å². The van der Waals surface area contributed by atoms with Crippen LogP contribution in [0.3, 0.4) is 0 Å². The van der Waals surface area contributed by atoms with Gasteiger partial charge in [-0.1, -0.05) is 41.9 Å². The number of rotatable bonds is 9. The summed E-state index contributed by atoms with van der Waals surface area (Å²) < 4.78 is 46.8. The van der Waals surface area contributed by atoms with E-state index in [4.69, 9.17) is 16.3 Å². The van der Waals surface area contributed by atoms with Crippen LogP contribution in [0.15, 0.2) is 77.7 Å². The zero-order chi connectivity index (χ0) is 26.4. The Balaban J connectivity index is 1.48. The summed E-state index contributed by atoms with van der Waals surface area (Å²) in [5.41, 5.74) is 1.85. The Hall–Kier alpha value is -3.14. The summed E-state index contributed by atoms with van der Waals surface area (Å²) in [6, 6.07) is 20.0. The van der Waals surface area contributed by atoms with Gasteiger partial charge in [0.1, 0.15) is 11.6 Å². The van der Waals surface area contributed by atoms with Crippen molar-refractivity contribution in [1.29, 1.82) is 0 Å². The molecule has 7 nitrogen and oxygen atoms in total. The lowest BCUT2D eigenvalue weighted by molar-refractivity contribution is -0.131. The molecule has 1 saturated heterocycles. The monoisotopic (exact) mass is 545 g/mol. The van der Waals surface area contributed by atoms with Gasteiger partial charge in [0.05, 0.1) is 23.6 Å². The van der Waals surface area contributed by atoms with E-state index in [2.05, 4.69) is 4.90 Å². The van der Waals surface area contributed by atoms with E-state index < -0.39 is 10.0 Å². The third-order valence-corrected chi connectivity index (χ3v) is 8.53. The van der Waals surface area contributed by atoms with Crippen LogP contribution in [0.5, 0.6) is 5.75 Å². The summed E-state index contributed by atoms with van der Waals surface area (Å²) in [4.78, 5) is 17.0. The van der Waals surface area contributed by atoms with E-state index in [0.29, 0.717) is 38.3 Å². The smallest absolute Gasteiger partial charge is 0.243 e. The molecule has 0 aliphatic carbocycles. The van der Waals surface area contributed by atoms with Crippen LogP contribution in [0, 0.1) is 5.82 Å². The molecule has 196 valence electrons. The molecule has 0 unspecified atom stereocenters. The number of hydrogen-bond acceptors (Lipinski definition) is 5. The van der Waals surface area contributed by atoms with Crippen molar-refractivity contribution in [2.24, 2.45) is 0 Å². The van der Waals surface area contributed by atoms with Crippen molar-refractivity contribution in [3.8, 4) is 5.75 Å². The second-order valence-corrected chi connectivity index (χ2v) is 11.1. The van der Waals surface area contributed by atoms with Crippen molar-refractivity contribution in [3.05, 3.63) is 89.2 Å². The predicted octanol–water partition coefficient (Wildman–Crippen LogP) is 4.07. The lowest BCUT2D eigenvalue weighted by Crippen LogP contribution is -2.52. The first kappa shape index (κ1) is 26.9. The molecule has 10 heteroatoms. The van der Waals surface area contributed by atoms with E-state index in [1.807, 2.05) is 30.3 Å². The van der Waals surface area contributed by atoms with Crippen LogP contribution in [-0.4, -0.2) is 69.9 Å². The first-order valence-corrected chi connectivity index (χ1v) is 13.8. The van der Waals surface area contributed by atoms with Crippen molar-refractivity contribution >= 4 is 33.2 Å². The number of piperazine rings is 1. The van der Waals surface area contributed by atoms with Gasteiger partial charge in [-0.15, -0.1) is 0 Å². The lowest BCUT2D eigenvalue weighted by Gasteiger charge is -2.37. The van der Waals surface area contributed by atoms with Crippen LogP contribution in [-0.2, 0) is 21.2 Å². The van der Waals surface area contributed by atoms with Crippen LogP contribution < -0.4 is 9.64 Å². The maximum atomic E-state index is 13.6. The zero-order valence-electron chi connectivity index (χ0n) is 20.5. The molecule has 0 radical (unpaired) electrons. The molecule has 0 spiro atoms. The van der Waals surface area contributed by atoms with E-state index >= 15 is 0 Å². The number of amides is 1. The molecule has 1 fully saturated rings. The summed E-state index contributed by atoms with van der Waals surface area (Å²) in [5, 5.41) is 0.176. The molecule has 37 heavy (non-hydrogen) atoms. The number of anilines is 1. The van der Waals surface area contributed by atoms with Crippen molar-refractivity contribution < 1.29 is 22.3 Å². The fourth-order valence-corrected chi connectivity index (χ4v) is 6.00. The average molecular weight is 546 g/mol. The van der Waals surface area contributed by atoms with E-state index in [1.54, 1.807) is 17.0 Å². The van der Waals surface area contributed by atoms with Gasteiger partial charge in [-0.05, 0) is 54.4 Å². The molecular formula is C27H29ClFN3O4S. The van der Waals surface area contributed by atoms with Gasteiger partial charge < -0.3 is 14.5 Å². The second-order valence-electron chi connectivity index (χ2n) is 8.71. The number of methoxy groups -OCH3 is 1. The number of nitrogens with zero attached hydrogens (tertiary/aromatic N) is 3. The van der Waals surface area contributed by atoms with E-state index in [0.717, 1.165) is 11.3 Å². The van der Waals surface area contributed by atoms with Crippen LogP contribution >= 0.6 is 11.6 Å². The van der Waals surface area contributed by atoms with Gasteiger partial charge in [0.25, 0.3) is 0 Å². The highest BCUT2D eigenvalue weighted by atomic mass is 35.5. The largest absolute Gasteiger partial charge is 0.495 e. The first-order chi connectivity index (χ1) is 17.8. The van der Waals surface area contributed by atoms with Crippen molar-refractivity contribution in [1.82, 2.24) is 9.21 Å². The predicted molar refractivity (Wildman–Crippen MR) is 142 cm³/mol. The van der Waals surface area contributed by atoms with Crippen LogP contribution in [0.25, 0.3) is 0 Å². The number of ether oxygens (including phenoxy) is 1. The molecule has 1 heterocycles. The molecule has 1 aliphatic rings. The molecule has 0 N–H and O–H groups in total. The Morgan fingerprint density at radius 3 is 2.30 bits per heavy atom. The second kappa shape index (κ2) is 11.9. The van der Waals surface area contributed by atoms with Crippen molar-refractivity contribution in [2.45, 2.75) is 11.3 Å². The van der Waals surface area contributed by atoms with Gasteiger partial charge in [0, 0.05) is 38.4 Å². The molecule has 1 amide bonds. The fraction of sp³-hybridized carbons (Fsp3) is 0.296. The maximum absolute atomic E-state index is 13.6. The summed E-state index contributed by atoms with van der Waals surface area (Å²) in [6.45, 7) is 1.88. The maximum Gasteiger partial charge on any atom is 0.243 e. The SMILES string of the molecule is COc1ccc(S(=O)(=O)N(CCc2ccccc2)CC(=O)N2CCN(c3ccc(F)cc3)CC2)cc1Cl. The Morgan fingerprint density at radius 2 is 1.68 bits per heavy atom. The molecule has 3 aromatic carbocycles. The van der Waals surface area contributed by atoms with E-state index in [1.165, 1.54) is 41.7 Å². The molecule has 1 aliphatic heterocycles. The molecular weight excluding hydrogens is 517 g/mol. The zero-order valence-corrected chi connectivity index (χ0v) is 22.1. The fourth-order valence-electron chi connectivity index (χ4n) is 4.26. The minimum absolute atomic E-state index is 0.000269. The molecule has 3 aromatic rings. The normalized spacial score (nSPS) is 14.2. The third kappa shape index (κ3) is 6.60. The quantitative estimate of drug-likeness (QED) is 0.405. The van der Waals surface area contributed by atoms with E-state index in [-0.39, 0.29) is 34.7 Å². The standard InChI is InChI=1S/C27H29ClFN3O4S/c1-36-26-12-11-24(19-25(26)28)37(34,35)32(14-13-21-5-3-2-4-6-21)20-27(33)31-17-15-30(16-18-31)23-9-7-22(29)8-10-23/h2-12,19H,13-18,20H2,1H3. The average Bonchev–Trinajstić information content (AvgIpc) is 2.92. The topological polar surface area (TPSA) is 70.2 Å². The van der Waals surface area contributed by atoms with Crippen LogP contribution in [0.4, 0.5) is 10.1 Å². The highest BCUT2D eigenvalue weighted by Gasteiger charge is 2.30. The minimum atomic E-state index is -4.01. The molecule has 4 rings (SSSR count). The highest BCUT2D eigenvalue weighted by Crippen LogP contribution is 2.28. The lowest BCUT2D eigenvalue weighted by atomic mass is 10.1. The van der Waals surface area contributed by atoms with Gasteiger partial charge in [-0.2, -0.15) is 4.31 Å². The van der Waals surface area contributed by atoms with Crippen LogP contribution in [0.2, 0.25) is 5.02 Å². The Labute approximate surface area is 222 Å². The molecule has 0 aromatic heterocycles. The summed E-state index contributed by atoms with van der Waals surface area (Å²) in [7, 11) is -2.56. The Morgan fingerprint density at radius 1 is 1.00 bits per heavy atom. The number of hydrogen-bond donors (Lipinski definition) is 0. The van der Waals surface area contributed by atoms with Crippen molar-refractivity contribution in [3.63, 3.8) is 0 Å². The van der Waals surface area contributed by atoms with Gasteiger partial charge in [0.15, 0.2) is 0 Å². The molecule has 0 saturated carbocycles. The third-order valence-electron chi connectivity index (χ3n) is 6.39. The number of carbonyl (C=O) groups excluding carboxylic acids is 1. The number of sulfonamides is 1. The summed E-state index contributed by atoms with van der Waals surface area (Å²) in [5.74, 6) is -0.200. The highest BCUT2D eigenvalue weighted by molar-refractivity contribution is 7.89. The molecule has 0 bridgehead atoms. The van der Waals surface area contributed by atoms with E-state index in [9.17, 15) is 17.6 Å².